The van der Waals surface area contributed by atoms with Gasteiger partial charge in [-0.1, -0.05) is 0 Å². The second-order valence-electron chi connectivity index (χ2n) is 3.94. The molecule has 0 spiro atoms. The first-order chi connectivity index (χ1) is 8.63. The quantitative estimate of drug-likeness (QED) is 0.569. The topological polar surface area (TPSA) is 58.6 Å². The lowest BCUT2D eigenvalue weighted by Crippen LogP contribution is -2.29. The Morgan fingerprint density at radius 1 is 1.50 bits per heavy atom. The van der Waals surface area contributed by atoms with Gasteiger partial charge in [0, 0.05) is 19.0 Å². The zero-order chi connectivity index (χ0) is 13.4. The number of terminal acetylenes is 1. The van der Waals surface area contributed by atoms with E-state index in [0.717, 1.165) is 0 Å². The SMILES string of the molecule is C#CCC(C)NCCOc1ccc(C(=O)O)cc1. The average Bonchev–Trinajstić information content (AvgIpc) is 2.35. The van der Waals surface area contributed by atoms with E-state index in [1.165, 1.54) is 12.1 Å². The second-order valence-corrected chi connectivity index (χ2v) is 3.94. The number of hydrogen-bond donors (Lipinski definition) is 2. The summed E-state index contributed by atoms with van der Waals surface area (Å²) in [4.78, 5) is 10.6. The van der Waals surface area contributed by atoms with Crippen molar-refractivity contribution in [1.82, 2.24) is 5.32 Å². The van der Waals surface area contributed by atoms with Gasteiger partial charge >= 0.3 is 5.97 Å². The highest BCUT2D eigenvalue weighted by Gasteiger charge is 2.02. The highest BCUT2D eigenvalue weighted by atomic mass is 16.5. The number of carbonyl (C=O) groups is 1. The molecule has 1 atom stereocenters. The van der Waals surface area contributed by atoms with Crippen LogP contribution in [0.1, 0.15) is 23.7 Å². The van der Waals surface area contributed by atoms with Gasteiger partial charge in [-0.2, -0.15) is 0 Å². The van der Waals surface area contributed by atoms with Crippen LogP contribution >= 0.6 is 0 Å². The lowest BCUT2D eigenvalue weighted by molar-refractivity contribution is 0.0697. The molecule has 0 aromatic heterocycles. The summed E-state index contributed by atoms with van der Waals surface area (Å²) in [6.07, 6.45) is 5.88. The van der Waals surface area contributed by atoms with E-state index in [2.05, 4.69) is 11.2 Å². The molecule has 2 N–H and O–H groups in total. The third-order valence-corrected chi connectivity index (χ3v) is 2.39. The normalized spacial score (nSPS) is 11.6. The van der Waals surface area contributed by atoms with Crippen LogP contribution in [0.3, 0.4) is 0 Å². The lowest BCUT2D eigenvalue weighted by Gasteiger charge is -2.11. The highest BCUT2D eigenvalue weighted by molar-refractivity contribution is 5.87. The van der Waals surface area contributed by atoms with Crippen molar-refractivity contribution in [2.75, 3.05) is 13.2 Å². The molecule has 0 bridgehead atoms. The lowest BCUT2D eigenvalue weighted by atomic mass is 10.2. The van der Waals surface area contributed by atoms with Gasteiger partial charge in [0.15, 0.2) is 0 Å². The van der Waals surface area contributed by atoms with Crippen molar-refractivity contribution in [2.24, 2.45) is 0 Å². The fourth-order valence-electron chi connectivity index (χ4n) is 1.42. The first-order valence-corrected chi connectivity index (χ1v) is 5.76. The van der Waals surface area contributed by atoms with Crippen molar-refractivity contribution >= 4 is 5.97 Å². The van der Waals surface area contributed by atoms with Crippen molar-refractivity contribution in [3.8, 4) is 18.1 Å². The van der Waals surface area contributed by atoms with Crippen LogP contribution < -0.4 is 10.1 Å². The molecule has 0 heterocycles. The average molecular weight is 247 g/mol. The molecule has 96 valence electrons. The van der Waals surface area contributed by atoms with Crippen LogP contribution in [0.5, 0.6) is 5.75 Å². The van der Waals surface area contributed by atoms with E-state index in [1.54, 1.807) is 12.1 Å². The molecule has 0 radical (unpaired) electrons. The maximum absolute atomic E-state index is 10.6. The van der Waals surface area contributed by atoms with Crippen LogP contribution in [0, 0.1) is 12.3 Å². The Morgan fingerprint density at radius 2 is 2.17 bits per heavy atom. The first-order valence-electron chi connectivity index (χ1n) is 5.76. The van der Waals surface area contributed by atoms with Gasteiger partial charge in [0.1, 0.15) is 12.4 Å². The number of carboxylic acid groups (broad SMARTS) is 1. The van der Waals surface area contributed by atoms with Crippen molar-refractivity contribution in [1.29, 1.82) is 0 Å². The van der Waals surface area contributed by atoms with E-state index in [4.69, 9.17) is 16.3 Å². The number of nitrogens with one attached hydrogen (secondary N) is 1. The summed E-state index contributed by atoms with van der Waals surface area (Å²) < 4.78 is 5.46. The number of rotatable bonds is 7. The molecule has 0 aliphatic carbocycles. The second kappa shape index (κ2) is 7.36. The van der Waals surface area contributed by atoms with Gasteiger partial charge in [-0.25, -0.2) is 4.79 Å². The first kappa shape index (κ1) is 14.1. The zero-order valence-corrected chi connectivity index (χ0v) is 10.3. The third kappa shape index (κ3) is 4.89. The van der Waals surface area contributed by atoms with Gasteiger partial charge in [0.2, 0.25) is 0 Å². The molecule has 1 aromatic carbocycles. The molecule has 0 aliphatic heterocycles. The minimum Gasteiger partial charge on any atom is -0.492 e. The molecule has 1 unspecified atom stereocenters. The fraction of sp³-hybridized carbons (Fsp3) is 0.357. The van der Waals surface area contributed by atoms with Crippen LogP contribution in [0.15, 0.2) is 24.3 Å². The van der Waals surface area contributed by atoms with Crippen LogP contribution in [0.4, 0.5) is 0 Å². The molecular weight excluding hydrogens is 230 g/mol. The molecular formula is C14H17NO3. The molecule has 0 fully saturated rings. The minimum atomic E-state index is -0.939. The van der Waals surface area contributed by atoms with E-state index in [1.807, 2.05) is 6.92 Å². The number of hydrogen-bond acceptors (Lipinski definition) is 3. The molecule has 0 saturated carbocycles. The summed E-state index contributed by atoms with van der Waals surface area (Å²) in [5, 5.41) is 12.0. The molecule has 1 aromatic rings. The Morgan fingerprint density at radius 3 is 2.72 bits per heavy atom. The van der Waals surface area contributed by atoms with E-state index in [-0.39, 0.29) is 11.6 Å². The zero-order valence-electron chi connectivity index (χ0n) is 10.3. The molecule has 4 heteroatoms. The van der Waals surface area contributed by atoms with Gasteiger partial charge in [-0.15, -0.1) is 12.3 Å². The van der Waals surface area contributed by atoms with Gasteiger partial charge < -0.3 is 15.2 Å². The van der Waals surface area contributed by atoms with Crippen LogP contribution in [0.25, 0.3) is 0 Å². The van der Waals surface area contributed by atoms with Crippen LogP contribution in [-0.2, 0) is 0 Å². The monoisotopic (exact) mass is 247 g/mol. The van der Waals surface area contributed by atoms with Crippen molar-refractivity contribution in [3.05, 3.63) is 29.8 Å². The summed E-state index contributed by atoms with van der Waals surface area (Å²) in [6, 6.07) is 6.61. The maximum Gasteiger partial charge on any atom is 0.335 e. The summed E-state index contributed by atoms with van der Waals surface area (Å²) in [5.74, 6) is 2.30. The van der Waals surface area contributed by atoms with E-state index >= 15 is 0 Å². The highest BCUT2D eigenvalue weighted by Crippen LogP contribution is 2.11. The Kier molecular flexibility index (Phi) is 5.75. The summed E-state index contributed by atoms with van der Waals surface area (Å²) in [6.45, 7) is 3.23. The Bertz CT molecular complexity index is 420. The molecule has 18 heavy (non-hydrogen) atoms. The van der Waals surface area contributed by atoms with Crippen molar-refractivity contribution in [3.63, 3.8) is 0 Å². The predicted octanol–water partition coefficient (Wildman–Crippen LogP) is 1.77. The number of benzene rings is 1. The fourth-order valence-corrected chi connectivity index (χ4v) is 1.42. The molecule has 1 rings (SSSR count). The Labute approximate surface area is 107 Å². The van der Waals surface area contributed by atoms with Crippen molar-refractivity contribution < 1.29 is 14.6 Å². The largest absolute Gasteiger partial charge is 0.492 e. The summed E-state index contributed by atoms with van der Waals surface area (Å²) in [7, 11) is 0. The van der Waals surface area contributed by atoms with Gasteiger partial charge in [-0.05, 0) is 31.2 Å². The molecule has 0 amide bonds. The van der Waals surface area contributed by atoms with Gasteiger partial charge in [0.05, 0.1) is 5.56 Å². The minimum absolute atomic E-state index is 0.253. The number of ether oxygens (including phenoxy) is 1. The van der Waals surface area contributed by atoms with Gasteiger partial charge in [0.25, 0.3) is 0 Å². The molecule has 0 saturated heterocycles. The van der Waals surface area contributed by atoms with Crippen LogP contribution in [0.2, 0.25) is 0 Å². The third-order valence-electron chi connectivity index (χ3n) is 2.39. The predicted molar refractivity (Wildman–Crippen MR) is 69.8 cm³/mol. The maximum atomic E-state index is 10.6. The molecule has 0 aliphatic rings. The van der Waals surface area contributed by atoms with E-state index in [0.29, 0.717) is 25.3 Å². The van der Waals surface area contributed by atoms with E-state index < -0.39 is 5.97 Å². The Hall–Kier alpha value is -1.99. The number of carboxylic acids is 1. The smallest absolute Gasteiger partial charge is 0.335 e. The van der Waals surface area contributed by atoms with Gasteiger partial charge in [-0.3, -0.25) is 0 Å². The Balaban J connectivity index is 2.27. The van der Waals surface area contributed by atoms with Crippen LogP contribution in [-0.4, -0.2) is 30.3 Å². The summed E-state index contributed by atoms with van der Waals surface area (Å²) >= 11 is 0. The van der Waals surface area contributed by atoms with E-state index in [9.17, 15) is 4.79 Å². The standard InChI is InChI=1S/C14H17NO3/c1-3-4-11(2)15-9-10-18-13-7-5-12(6-8-13)14(16)17/h1,5-8,11,15H,4,9-10H2,2H3,(H,16,17). The summed E-state index contributed by atoms with van der Waals surface area (Å²) in [5.41, 5.74) is 0.253. The van der Waals surface area contributed by atoms with Crippen molar-refractivity contribution in [2.45, 2.75) is 19.4 Å². The molecule has 4 nitrogen and oxygen atoms in total. The number of aromatic carboxylic acids is 1.